The van der Waals surface area contributed by atoms with Crippen molar-refractivity contribution in [2.75, 3.05) is 60.0 Å². The Labute approximate surface area is 189 Å². The first-order valence-corrected chi connectivity index (χ1v) is 11.4. The Bertz CT molecular complexity index is 970. The van der Waals surface area contributed by atoms with E-state index < -0.39 is 0 Å². The van der Waals surface area contributed by atoms with Gasteiger partial charge in [-0.05, 0) is 30.4 Å². The van der Waals surface area contributed by atoms with Crippen LogP contribution in [0.3, 0.4) is 0 Å². The minimum absolute atomic E-state index is 0.0353. The van der Waals surface area contributed by atoms with Crippen molar-refractivity contribution in [3.8, 4) is 11.5 Å². The van der Waals surface area contributed by atoms with Gasteiger partial charge in [0.2, 0.25) is 5.91 Å². The number of likely N-dealkylation sites (tertiary alicyclic amines) is 1. The lowest BCUT2D eigenvalue weighted by atomic mass is 9.92. The molecule has 0 spiro atoms. The van der Waals surface area contributed by atoms with Crippen LogP contribution in [0.1, 0.15) is 30.8 Å². The number of nitrogens with one attached hydrogen (secondary N) is 1. The molecule has 2 aliphatic rings. The highest BCUT2D eigenvalue weighted by atomic mass is 16.5. The van der Waals surface area contributed by atoms with Gasteiger partial charge in [0, 0.05) is 50.7 Å². The summed E-state index contributed by atoms with van der Waals surface area (Å²) in [4.78, 5) is 35.1. The number of hydrogen-bond acceptors (Lipinski definition) is 5. The average Bonchev–Trinajstić information content (AvgIpc) is 3.22. The zero-order valence-electron chi connectivity index (χ0n) is 19.5. The lowest BCUT2D eigenvalue weighted by molar-refractivity contribution is -0.135. The van der Waals surface area contributed by atoms with Crippen molar-refractivity contribution in [1.29, 1.82) is 0 Å². The Balaban J connectivity index is 1.36. The number of carbonyl (C=O) groups excluding carboxylic acids is 2. The Kier molecular flexibility index (Phi) is 6.60. The van der Waals surface area contributed by atoms with Gasteiger partial charge in [0.1, 0.15) is 17.2 Å². The summed E-state index contributed by atoms with van der Waals surface area (Å²) < 4.78 is 10.8. The fourth-order valence-corrected chi connectivity index (χ4v) is 5.02. The zero-order chi connectivity index (χ0) is 22.8. The quantitative estimate of drug-likeness (QED) is 0.770. The maximum atomic E-state index is 13.1. The van der Waals surface area contributed by atoms with Gasteiger partial charge in [-0.3, -0.25) is 14.5 Å². The molecule has 2 fully saturated rings. The molecule has 174 valence electrons. The van der Waals surface area contributed by atoms with Crippen molar-refractivity contribution in [3.63, 3.8) is 0 Å². The van der Waals surface area contributed by atoms with E-state index in [2.05, 4.69) is 23.7 Å². The molecule has 8 heteroatoms. The van der Waals surface area contributed by atoms with Crippen LogP contribution in [-0.2, 0) is 4.79 Å². The van der Waals surface area contributed by atoms with Crippen molar-refractivity contribution in [3.05, 3.63) is 23.9 Å². The number of aromatic nitrogens is 1. The number of fused-ring (bicyclic) bond motifs is 1. The van der Waals surface area contributed by atoms with Crippen LogP contribution in [0.25, 0.3) is 10.9 Å². The van der Waals surface area contributed by atoms with E-state index in [-0.39, 0.29) is 11.8 Å². The SMILES string of the molecule is COc1cc(OC)c2[nH]c(C(=O)N3CCN(CC(=O)N4C[C@@H](C)C[C@H](C)C4)CC3)cc2c1. The first-order chi connectivity index (χ1) is 15.4. The Morgan fingerprint density at radius 3 is 2.28 bits per heavy atom. The van der Waals surface area contributed by atoms with E-state index in [9.17, 15) is 9.59 Å². The summed E-state index contributed by atoms with van der Waals surface area (Å²) in [5, 5.41) is 0.874. The van der Waals surface area contributed by atoms with Crippen molar-refractivity contribution in [2.24, 2.45) is 11.8 Å². The lowest BCUT2D eigenvalue weighted by Crippen LogP contribution is -2.53. The second-order valence-corrected chi connectivity index (χ2v) is 9.29. The van der Waals surface area contributed by atoms with Gasteiger partial charge < -0.3 is 24.3 Å². The number of ether oxygens (including phenoxy) is 2. The van der Waals surface area contributed by atoms with Gasteiger partial charge in [0.05, 0.1) is 26.3 Å². The molecule has 2 saturated heterocycles. The van der Waals surface area contributed by atoms with Crippen molar-refractivity contribution in [1.82, 2.24) is 19.7 Å². The summed E-state index contributed by atoms with van der Waals surface area (Å²) in [6.07, 6.45) is 1.19. The van der Waals surface area contributed by atoms with Gasteiger partial charge in [-0.1, -0.05) is 13.8 Å². The second-order valence-electron chi connectivity index (χ2n) is 9.29. The molecule has 0 saturated carbocycles. The molecule has 0 bridgehead atoms. The van der Waals surface area contributed by atoms with Crippen LogP contribution in [0.15, 0.2) is 18.2 Å². The minimum Gasteiger partial charge on any atom is -0.497 e. The first-order valence-electron chi connectivity index (χ1n) is 11.4. The predicted octanol–water partition coefficient (Wildman–Crippen LogP) is 2.45. The number of amides is 2. The number of rotatable bonds is 5. The molecule has 8 nitrogen and oxygen atoms in total. The van der Waals surface area contributed by atoms with E-state index in [1.807, 2.05) is 21.9 Å². The molecule has 0 aliphatic carbocycles. The van der Waals surface area contributed by atoms with E-state index in [0.717, 1.165) is 24.0 Å². The highest BCUT2D eigenvalue weighted by Gasteiger charge is 2.29. The van der Waals surface area contributed by atoms with Gasteiger partial charge in [-0.2, -0.15) is 0 Å². The second kappa shape index (κ2) is 9.40. The largest absolute Gasteiger partial charge is 0.497 e. The first kappa shape index (κ1) is 22.5. The van der Waals surface area contributed by atoms with E-state index in [4.69, 9.17) is 9.47 Å². The van der Waals surface area contributed by atoms with Gasteiger partial charge in [0.25, 0.3) is 5.91 Å². The molecule has 0 unspecified atom stereocenters. The Hall–Kier alpha value is -2.74. The molecule has 0 radical (unpaired) electrons. The smallest absolute Gasteiger partial charge is 0.270 e. The standard InChI is InChI=1S/C24H34N4O4/c1-16-9-17(2)14-28(13-16)22(29)15-26-5-7-27(8-6-26)24(30)20-11-18-10-19(31-3)12-21(32-4)23(18)25-20/h10-12,16-17,25H,5-9,13-15H2,1-4H3/t16-,17-/m0/s1. The third-order valence-electron chi connectivity index (χ3n) is 6.59. The van der Waals surface area contributed by atoms with Crippen LogP contribution in [0, 0.1) is 11.8 Å². The summed E-state index contributed by atoms with van der Waals surface area (Å²) >= 11 is 0. The van der Waals surface area contributed by atoms with E-state index >= 15 is 0 Å². The number of hydrogen-bond donors (Lipinski definition) is 1. The number of aromatic amines is 1. The van der Waals surface area contributed by atoms with E-state index in [0.29, 0.717) is 61.8 Å². The summed E-state index contributed by atoms with van der Waals surface area (Å²) in [5.41, 5.74) is 1.32. The van der Waals surface area contributed by atoms with Gasteiger partial charge >= 0.3 is 0 Å². The Morgan fingerprint density at radius 1 is 0.969 bits per heavy atom. The number of nitrogens with zero attached hydrogens (tertiary/aromatic N) is 3. The summed E-state index contributed by atoms with van der Waals surface area (Å²) in [5.74, 6) is 2.62. The Morgan fingerprint density at radius 2 is 1.66 bits per heavy atom. The van der Waals surface area contributed by atoms with Crippen molar-refractivity contribution >= 4 is 22.7 Å². The predicted molar refractivity (Wildman–Crippen MR) is 123 cm³/mol. The van der Waals surface area contributed by atoms with Crippen molar-refractivity contribution < 1.29 is 19.1 Å². The number of H-pyrrole nitrogens is 1. The zero-order valence-corrected chi connectivity index (χ0v) is 19.5. The van der Waals surface area contributed by atoms with Crippen LogP contribution in [-0.4, -0.2) is 91.5 Å². The fraction of sp³-hybridized carbons (Fsp3) is 0.583. The van der Waals surface area contributed by atoms with Crippen LogP contribution < -0.4 is 9.47 Å². The van der Waals surface area contributed by atoms with Crippen molar-refractivity contribution in [2.45, 2.75) is 20.3 Å². The molecule has 4 rings (SSSR count). The molecule has 32 heavy (non-hydrogen) atoms. The molecule has 1 aromatic carbocycles. The molecule has 1 aromatic heterocycles. The van der Waals surface area contributed by atoms with E-state index in [1.54, 1.807) is 20.3 Å². The molecule has 2 aliphatic heterocycles. The number of carbonyl (C=O) groups is 2. The van der Waals surface area contributed by atoms with Gasteiger partial charge in [-0.25, -0.2) is 0 Å². The summed E-state index contributed by atoms with van der Waals surface area (Å²) in [6.45, 7) is 9.20. The van der Waals surface area contributed by atoms with E-state index in [1.165, 1.54) is 6.42 Å². The molecule has 2 atom stereocenters. The number of benzene rings is 1. The third-order valence-corrected chi connectivity index (χ3v) is 6.59. The average molecular weight is 443 g/mol. The number of piperidine rings is 1. The fourth-order valence-electron chi connectivity index (χ4n) is 5.02. The third kappa shape index (κ3) is 4.70. The number of methoxy groups -OCH3 is 2. The highest BCUT2D eigenvalue weighted by Crippen LogP contribution is 2.31. The van der Waals surface area contributed by atoms with Gasteiger partial charge in [0.15, 0.2) is 0 Å². The molecule has 1 N–H and O–H groups in total. The van der Waals surface area contributed by atoms with Crippen LogP contribution in [0.5, 0.6) is 11.5 Å². The molecular weight excluding hydrogens is 408 g/mol. The van der Waals surface area contributed by atoms with Crippen LogP contribution >= 0.6 is 0 Å². The minimum atomic E-state index is -0.0353. The molecular formula is C24H34N4O4. The monoisotopic (exact) mass is 442 g/mol. The van der Waals surface area contributed by atoms with Gasteiger partial charge in [-0.15, -0.1) is 0 Å². The summed E-state index contributed by atoms with van der Waals surface area (Å²) in [6, 6.07) is 5.53. The maximum absolute atomic E-state index is 13.1. The molecule has 3 heterocycles. The topological polar surface area (TPSA) is 78.1 Å². The number of piperazine rings is 1. The molecule has 2 aromatic rings. The highest BCUT2D eigenvalue weighted by molar-refractivity contribution is 6.00. The molecule has 2 amide bonds. The maximum Gasteiger partial charge on any atom is 0.270 e. The summed E-state index contributed by atoms with van der Waals surface area (Å²) in [7, 11) is 3.21. The lowest BCUT2D eigenvalue weighted by Gasteiger charge is -2.38. The van der Waals surface area contributed by atoms with Crippen LogP contribution in [0.2, 0.25) is 0 Å². The van der Waals surface area contributed by atoms with Crippen LogP contribution in [0.4, 0.5) is 0 Å². The normalized spacial score (nSPS) is 22.2.